The second-order valence-electron chi connectivity index (χ2n) is 2.79. The summed E-state index contributed by atoms with van der Waals surface area (Å²) < 4.78 is 62.0. The summed E-state index contributed by atoms with van der Waals surface area (Å²) in [7, 11) is 0. The Kier molecular flexibility index (Phi) is 4.33. The Morgan fingerprint density at radius 2 is 1.94 bits per heavy atom. The van der Waals surface area contributed by atoms with Crippen molar-refractivity contribution in [2.45, 2.75) is 18.5 Å². The molecule has 0 N–H and O–H groups in total. The van der Waals surface area contributed by atoms with Crippen LogP contribution in [0, 0.1) is 3.70 Å². The van der Waals surface area contributed by atoms with Gasteiger partial charge in [0.1, 0.15) is 3.70 Å². The van der Waals surface area contributed by atoms with Crippen LogP contribution in [0.5, 0.6) is 0 Å². The van der Waals surface area contributed by atoms with Crippen molar-refractivity contribution in [1.82, 2.24) is 4.98 Å². The third kappa shape index (κ3) is 2.93. The summed E-state index contributed by atoms with van der Waals surface area (Å²) in [6, 6.07) is 0.400. The highest BCUT2D eigenvalue weighted by molar-refractivity contribution is 14.1. The maximum Gasteiger partial charge on any atom is 0.418 e. The summed E-state index contributed by atoms with van der Waals surface area (Å²) in [5.41, 5.74) is -2.39. The molecule has 0 aliphatic carbocycles. The average molecular weight is 371 g/mol. The fourth-order valence-corrected chi connectivity index (χ4v) is 1.93. The van der Waals surface area contributed by atoms with Gasteiger partial charge in [-0.15, -0.1) is 11.6 Å². The highest BCUT2D eigenvalue weighted by atomic mass is 127. The Morgan fingerprint density at radius 3 is 2.31 bits per heavy atom. The Labute approximate surface area is 106 Å². The zero-order valence-corrected chi connectivity index (χ0v) is 10.4. The summed E-state index contributed by atoms with van der Waals surface area (Å²) >= 11 is 6.74. The van der Waals surface area contributed by atoms with Crippen molar-refractivity contribution in [3.8, 4) is 0 Å². The fraction of sp³-hybridized carbons (Fsp3) is 0.375. The van der Waals surface area contributed by atoms with Crippen LogP contribution >= 0.6 is 34.2 Å². The zero-order valence-electron chi connectivity index (χ0n) is 7.45. The summed E-state index contributed by atoms with van der Waals surface area (Å²) in [6.07, 6.45) is -7.73. The van der Waals surface area contributed by atoms with Crippen LogP contribution < -0.4 is 0 Å². The van der Waals surface area contributed by atoms with E-state index in [0.717, 1.165) is 0 Å². The van der Waals surface area contributed by atoms with E-state index in [0.29, 0.717) is 6.07 Å². The molecule has 1 aromatic heterocycles. The molecule has 0 atom stereocenters. The van der Waals surface area contributed by atoms with Crippen LogP contribution in [0.15, 0.2) is 6.07 Å². The van der Waals surface area contributed by atoms with E-state index in [1.54, 1.807) is 0 Å². The smallest absolute Gasteiger partial charge is 0.244 e. The van der Waals surface area contributed by atoms with E-state index in [1.165, 1.54) is 22.6 Å². The molecule has 1 heterocycles. The molecule has 0 aliphatic heterocycles. The number of alkyl halides is 6. The van der Waals surface area contributed by atoms with E-state index in [-0.39, 0.29) is 3.70 Å². The molecule has 1 aromatic rings. The highest BCUT2D eigenvalue weighted by Crippen LogP contribution is 2.35. The lowest BCUT2D eigenvalue weighted by molar-refractivity contribution is -0.138. The normalized spacial score (nSPS) is 12.2. The molecule has 0 spiro atoms. The maximum atomic E-state index is 12.5. The molecule has 0 fully saturated rings. The van der Waals surface area contributed by atoms with Gasteiger partial charge < -0.3 is 0 Å². The fourth-order valence-electron chi connectivity index (χ4n) is 1.04. The average Bonchev–Trinajstić information content (AvgIpc) is 2.14. The molecule has 0 unspecified atom stereocenters. The predicted molar refractivity (Wildman–Crippen MR) is 56.5 cm³/mol. The van der Waals surface area contributed by atoms with Gasteiger partial charge in [-0.2, -0.15) is 13.2 Å². The van der Waals surface area contributed by atoms with Gasteiger partial charge in [0.15, 0.2) is 0 Å². The monoisotopic (exact) mass is 371 g/mol. The van der Waals surface area contributed by atoms with Gasteiger partial charge in [-0.25, -0.2) is 13.8 Å². The Hall–Kier alpha value is -0.180. The minimum absolute atomic E-state index is 0.170. The quantitative estimate of drug-likeness (QED) is 0.325. The first-order chi connectivity index (χ1) is 7.27. The first-order valence-electron chi connectivity index (χ1n) is 3.88. The second kappa shape index (κ2) is 4.99. The topological polar surface area (TPSA) is 12.9 Å². The van der Waals surface area contributed by atoms with Gasteiger partial charge in [-0.3, -0.25) is 0 Å². The number of hydrogen-bond acceptors (Lipinski definition) is 1. The summed E-state index contributed by atoms with van der Waals surface area (Å²) in [6.45, 7) is 0. The minimum atomic E-state index is -4.73. The molecule has 1 rings (SSSR count). The lowest BCUT2D eigenvalue weighted by Gasteiger charge is -2.13. The molecule has 90 valence electrons. The van der Waals surface area contributed by atoms with E-state index in [4.69, 9.17) is 11.6 Å². The van der Waals surface area contributed by atoms with Gasteiger partial charge in [-0.05, 0) is 28.7 Å². The number of nitrogens with zero attached hydrogens (tertiary/aromatic N) is 1. The van der Waals surface area contributed by atoms with Gasteiger partial charge in [0.2, 0.25) is 0 Å². The van der Waals surface area contributed by atoms with Crippen LogP contribution in [-0.2, 0) is 12.1 Å². The Balaban J connectivity index is 3.41. The van der Waals surface area contributed by atoms with Crippen LogP contribution in [0.4, 0.5) is 22.0 Å². The molecular formula is C8H4ClF5IN. The van der Waals surface area contributed by atoms with Gasteiger partial charge in [-0.1, -0.05) is 0 Å². The maximum absolute atomic E-state index is 12.5. The van der Waals surface area contributed by atoms with Crippen molar-refractivity contribution < 1.29 is 22.0 Å². The molecule has 0 aromatic carbocycles. The summed E-state index contributed by atoms with van der Waals surface area (Å²) in [4.78, 5) is 3.43. The molecule has 1 nitrogen and oxygen atoms in total. The highest BCUT2D eigenvalue weighted by Gasteiger charge is 2.35. The van der Waals surface area contributed by atoms with E-state index in [1.807, 2.05) is 0 Å². The number of halogens is 7. The number of rotatable bonds is 2. The lowest BCUT2D eigenvalue weighted by Crippen LogP contribution is -2.12. The number of pyridine rings is 1. The molecule has 0 bridgehead atoms. The van der Waals surface area contributed by atoms with Crippen molar-refractivity contribution in [3.63, 3.8) is 0 Å². The summed E-state index contributed by atoms with van der Waals surface area (Å²) in [5, 5.41) is 0. The molecular weight excluding hydrogens is 367 g/mol. The SMILES string of the molecule is FC(F)c1cc(C(F)(F)F)c(CCl)nc1I. The second-order valence-corrected chi connectivity index (χ2v) is 4.08. The van der Waals surface area contributed by atoms with Crippen molar-refractivity contribution >= 4 is 34.2 Å². The van der Waals surface area contributed by atoms with Crippen LogP contribution in [-0.4, -0.2) is 4.98 Å². The first-order valence-corrected chi connectivity index (χ1v) is 5.49. The van der Waals surface area contributed by atoms with E-state index in [9.17, 15) is 22.0 Å². The minimum Gasteiger partial charge on any atom is -0.244 e. The predicted octanol–water partition coefficient (Wildman–Crippen LogP) is 4.38. The van der Waals surface area contributed by atoms with Crippen LogP contribution in [0.25, 0.3) is 0 Å². The third-order valence-electron chi connectivity index (χ3n) is 1.75. The van der Waals surface area contributed by atoms with E-state index < -0.39 is 35.3 Å². The molecule has 0 amide bonds. The van der Waals surface area contributed by atoms with Crippen LogP contribution in [0.1, 0.15) is 23.2 Å². The van der Waals surface area contributed by atoms with Gasteiger partial charge in [0, 0.05) is 0 Å². The Bertz CT molecular complexity index is 393. The van der Waals surface area contributed by atoms with Gasteiger partial charge >= 0.3 is 6.18 Å². The largest absolute Gasteiger partial charge is 0.418 e. The van der Waals surface area contributed by atoms with Gasteiger partial charge in [0.05, 0.1) is 22.7 Å². The van der Waals surface area contributed by atoms with Crippen LogP contribution in [0.2, 0.25) is 0 Å². The van der Waals surface area contributed by atoms with Crippen molar-refractivity contribution in [3.05, 3.63) is 26.6 Å². The molecule has 8 heteroatoms. The molecule has 0 saturated carbocycles. The van der Waals surface area contributed by atoms with Gasteiger partial charge in [0.25, 0.3) is 6.43 Å². The van der Waals surface area contributed by atoms with E-state index in [2.05, 4.69) is 4.98 Å². The van der Waals surface area contributed by atoms with Crippen LogP contribution in [0.3, 0.4) is 0 Å². The lowest BCUT2D eigenvalue weighted by atomic mass is 10.1. The van der Waals surface area contributed by atoms with Crippen molar-refractivity contribution in [2.24, 2.45) is 0 Å². The standard InChI is InChI=1S/C8H4ClF5IN/c9-2-5-4(8(12,13)14)1-3(6(10)11)7(15)16-5/h1,6H,2H2. The third-order valence-corrected chi connectivity index (χ3v) is 2.87. The first kappa shape index (κ1) is 13.9. The van der Waals surface area contributed by atoms with E-state index >= 15 is 0 Å². The zero-order chi connectivity index (χ0) is 12.5. The Morgan fingerprint density at radius 1 is 1.38 bits per heavy atom. The molecule has 0 saturated heterocycles. The molecule has 0 aliphatic rings. The molecule has 0 radical (unpaired) electrons. The summed E-state index contributed by atoms with van der Waals surface area (Å²) in [5.74, 6) is -0.478. The molecule has 16 heavy (non-hydrogen) atoms. The number of hydrogen-bond donors (Lipinski definition) is 0. The van der Waals surface area contributed by atoms with Crippen molar-refractivity contribution in [2.75, 3.05) is 0 Å². The van der Waals surface area contributed by atoms with Crippen molar-refractivity contribution in [1.29, 1.82) is 0 Å². The number of aromatic nitrogens is 1.